The Bertz CT molecular complexity index is 764. The maximum absolute atomic E-state index is 12.9. The quantitative estimate of drug-likeness (QED) is 0.812. The minimum atomic E-state index is -0.641. The Labute approximate surface area is 136 Å². The zero-order valence-corrected chi connectivity index (χ0v) is 13.7. The number of amides is 1. The van der Waals surface area contributed by atoms with Gasteiger partial charge in [-0.05, 0) is 37.6 Å². The summed E-state index contributed by atoms with van der Waals surface area (Å²) < 4.78 is 4.88. The summed E-state index contributed by atoms with van der Waals surface area (Å²) in [6, 6.07) is 11.3. The third-order valence-electron chi connectivity index (χ3n) is 4.44. The molecule has 0 bridgehead atoms. The van der Waals surface area contributed by atoms with E-state index in [1.54, 1.807) is 11.8 Å². The summed E-state index contributed by atoms with van der Waals surface area (Å²) in [5, 5.41) is 2.04. The molecule has 0 saturated heterocycles. The van der Waals surface area contributed by atoms with Crippen molar-refractivity contribution in [3.05, 3.63) is 42.0 Å². The third-order valence-corrected chi connectivity index (χ3v) is 4.44. The molecule has 1 amide bonds. The number of rotatable bonds is 4. The molecule has 1 atom stereocenters. The second-order valence-electron chi connectivity index (χ2n) is 6.13. The molecule has 0 aliphatic heterocycles. The molecule has 0 heterocycles. The number of anilines is 1. The van der Waals surface area contributed by atoms with Gasteiger partial charge >= 0.3 is 5.97 Å². The van der Waals surface area contributed by atoms with Crippen molar-refractivity contribution < 1.29 is 14.3 Å². The number of fused-ring (bicyclic) bond motifs is 1. The molecule has 2 aromatic carbocycles. The monoisotopic (exact) mass is 311 g/mol. The van der Waals surface area contributed by atoms with E-state index >= 15 is 0 Å². The lowest BCUT2D eigenvalue weighted by Crippen LogP contribution is -2.45. The highest BCUT2D eigenvalue weighted by atomic mass is 16.5. The van der Waals surface area contributed by atoms with E-state index in [2.05, 4.69) is 0 Å². The number of aryl methyl sites for hydroxylation is 1. The summed E-state index contributed by atoms with van der Waals surface area (Å²) in [7, 11) is 1.36. The van der Waals surface area contributed by atoms with Gasteiger partial charge in [0.15, 0.2) is 0 Å². The van der Waals surface area contributed by atoms with Crippen LogP contribution in [0.3, 0.4) is 0 Å². The van der Waals surface area contributed by atoms with E-state index in [1.165, 1.54) is 7.11 Å². The molecule has 1 saturated carbocycles. The molecule has 0 unspecified atom stereocenters. The highest BCUT2D eigenvalue weighted by molar-refractivity contribution is 6.09. The molecule has 0 radical (unpaired) electrons. The van der Waals surface area contributed by atoms with Crippen molar-refractivity contribution in [2.75, 3.05) is 12.0 Å². The maximum Gasteiger partial charge on any atom is 0.328 e. The number of carbonyl (C=O) groups is 2. The summed E-state index contributed by atoms with van der Waals surface area (Å²) in [6.45, 7) is 3.70. The molecule has 3 rings (SSSR count). The normalized spacial score (nSPS) is 15.3. The highest BCUT2D eigenvalue weighted by Gasteiger charge is 2.39. The molecular weight excluding hydrogens is 290 g/mol. The Balaban J connectivity index is 2.18. The van der Waals surface area contributed by atoms with Crippen molar-refractivity contribution in [3.8, 4) is 0 Å². The van der Waals surface area contributed by atoms with E-state index in [4.69, 9.17) is 4.74 Å². The van der Waals surface area contributed by atoms with E-state index < -0.39 is 12.0 Å². The van der Waals surface area contributed by atoms with Gasteiger partial charge in [0.1, 0.15) is 6.04 Å². The van der Waals surface area contributed by atoms with Crippen molar-refractivity contribution in [2.45, 2.75) is 32.7 Å². The van der Waals surface area contributed by atoms with Crippen LogP contribution in [0.2, 0.25) is 0 Å². The van der Waals surface area contributed by atoms with Gasteiger partial charge in [0.25, 0.3) is 0 Å². The Morgan fingerprint density at radius 3 is 2.52 bits per heavy atom. The number of hydrogen-bond donors (Lipinski definition) is 0. The molecule has 0 aromatic heterocycles. The van der Waals surface area contributed by atoms with Crippen LogP contribution in [0, 0.1) is 12.8 Å². The molecule has 4 nitrogen and oxygen atoms in total. The number of carbonyl (C=O) groups excluding carboxylic acids is 2. The average Bonchev–Trinajstić information content (AvgIpc) is 3.41. The topological polar surface area (TPSA) is 46.6 Å². The molecule has 0 N–H and O–H groups in total. The average molecular weight is 311 g/mol. The lowest BCUT2D eigenvalue weighted by Gasteiger charge is -2.30. The van der Waals surface area contributed by atoms with Crippen molar-refractivity contribution in [2.24, 2.45) is 5.92 Å². The van der Waals surface area contributed by atoms with Gasteiger partial charge in [0.2, 0.25) is 5.91 Å². The minimum Gasteiger partial charge on any atom is -0.467 e. The largest absolute Gasteiger partial charge is 0.467 e. The Hall–Kier alpha value is -2.36. The maximum atomic E-state index is 12.9. The van der Waals surface area contributed by atoms with E-state index in [0.29, 0.717) is 0 Å². The van der Waals surface area contributed by atoms with Crippen molar-refractivity contribution in [1.82, 2.24) is 0 Å². The van der Waals surface area contributed by atoms with Gasteiger partial charge in [-0.3, -0.25) is 9.69 Å². The smallest absolute Gasteiger partial charge is 0.328 e. The molecule has 0 spiro atoms. The second kappa shape index (κ2) is 6.03. The predicted octanol–water partition coefficient (Wildman–Crippen LogP) is 3.45. The Kier molecular flexibility index (Phi) is 4.07. The Morgan fingerprint density at radius 2 is 1.87 bits per heavy atom. The van der Waals surface area contributed by atoms with Crippen molar-refractivity contribution >= 4 is 28.3 Å². The minimum absolute atomic E-state index is 0.0161. The van der Waals surface area contributed by atoms with Gasteiger partial charge in [-0.2, -0.15) is 0 Å². The van der Waals surface area contributed by atoms with Crippen LogP contribution >= 0.6 is 0 Å². The molecular formula is C19H21NO3. The van der Waals surface area contributed by atoms with E-state index in [9.17, 15) is 9.59 Å². The van der Waals surface area contributed by atoms with Crippen LogP contribution in [0.5, 0.6) is 0 Å². The van der Waals surface area contributed by atoms with Gasteiger partial charge in [-0.25, -0.2) is 4.79 Å². The van der Waals surface area contributed by atoms with Gasteiger partial charge in [0.05, 0.1) is 12.8 Å². The van der Waals surface area contributed by atoms with Crippen LogP contribution in [-0.4, -0.2) is 25.0 Å². The lowest BCUT2D eigenvalue weighted by molar-refractivity contribution is -0.143. The first-order valence-corrected chi connectivity index (χ1v) is 7.94. The lowest BCUT2D eigenvalue weighted by atomic mass is 10.0. The fourth-order valence-electron chi connectivity index (χ4n) is 2.98. The van der Waals surface area contributed by atoms with Crippen LogP contribution < -0.4 is 4.90 Å². The number of benzene rings is 2. The number of nitrogens with zero attached hydrogens (tertiary/aromatic N) is 1. The van der Waals surface area contributed by atoms with E-state index in [1.807, 2.05) is 43.3 Å². The summed E-state index contributed by atoms with van der Waals surface area (Å²) in [5.74, 6) is -0.353. The molecule has 1 fully saturated rings. The van der Waals surface area contributed by atoms with Crippen molar-refractivity contribution in [3.63, 3.8) is 0 Å². The SMILES string of the molecule is COC(=O)[C@H](C)N(C(=O)C1CC1)c1c(C)ccc2ccccc12. The van der Waals surface area contributed by atoms with Crippen molar-refractivity contribution in [1.29, 1.82) is 0 Å². The third kappa shape index (κ3) is 2.81. The van der Waals surface area contributed by atoms with Gasteiger partial charge < -0.3 is 4.74 Å². The van der Waals surface area contributed by atoms with Gasteiger partial charge in [0, 0.05) is 11.3 Å². The summed E-state index contributed by atoms with van der Waals surface area (Å²) in [4.78, 5) is 26.6. The second-order valence-corrected chi connectivity index (χ2v) is 6.13. The summed E-state index contributed by atoms with van der Waals surface area (Å²) in [5.41, 5.74) is 1.80. The standard InChI is InChI=1S/C19H21NO3/c1-12-8-9-14-6-4-5-7-16(14)17(12)20(13(2)19(22)23-3)18(21)15-10-11-15/h4-9,13,15H,10-11H2,1-3H3/t13-/m0/s1. The van der Waals surface area contributed by atoms with Crippen LogP contribution in [0.25, 0.3) is 10.8 Å². The number of methoxy groups -OCH3 is 1. The molecule has 1 aliphatic carbocycles. The number of ether oxygens (including phenoxy) is 1. The highest BCUT2D eigenvalue weighted by Crippen LogP contribution is 2.38. The van der Waals surface area contributed by atoms with Gasteiger partial charge in [-0.1, -0.05) is 36.4 Å². The molecule has 120 valence electrons. The number of esters is 1. The Morgan fingerprint density at radius 1 is 1.17 bits per heavy atom. The predicted molar refractivity (Wildman–Crippen MR) is 90.4 cm³/mol. The number of hydrogen-bond acceptors (Lipinski definition) is 3. The summed E-state index contributed by atoms with van der Waals surface area (Å²) in [6.07, 6.45) is 1.79. The van der Waals surface area contributed by atoms with Crippen LogP contribution in [-0.2, 0) is 14.3 Å². The van der Waals surface area contributed by atoms with Crippen LogP contribution in [0.1, 0.15) is 25.3 Å². The zero-order valence-electron chi connectivity index (χ0n) is 13.7. The first-order chi connectivity index (χ1) is 11.0. The molecule has 2 aromatic rings. The van der Waals surface area contributed by atoms with E-state index in [-0.39, 0.29) is 11.8 Å². The zero-order chi connectivity index (χ0) is 16.6. The molecule has 4 heteroatoms. The fourth-order valence-corrected chi connectivity index (χ4v) is 2.98. The van der Waals surface area contributed by atoms with Crippen LogP contribution in [0.4, 0.5) is 5.69 Å². The van der Waals surface area contributed by atoms with E-state index in [0.717, 1.165) is 34.9 Å². The van der Waals surface area contributed by atoms with Crippen LogP contribution in [0.15, 0.2) is 36.4 Å². The first kappa shape index (κ1) is 15.5. The molecule has 1 aliphatic rings. The summed E-state index contributed by atoms with van der Waals surface area (Å²) >= 11 is 0. The molecule has 23 heavy (non-hydrogen) atoms. The first-order valence-electron chi connectivity index (χ1n) is 7.94. The fraction of sp³-hybridized carbons (Fsp3) is 0.368. The van der Waals surface area contributed by atoms with Gasteiger partial charge in [-0.15, -0.1) is 0 Å².